The second-order valence-corrected chi connectivity index (χ2v) is 9.69. The van der Waals surface area contributed by atoms with Crippen molar-refractivity contribution >= 4 is 5.91 Å². The van der Waals surface area contributed by atoms with Crippen LogP contribution in [0.25, 0.3) is 0 Å². The zero-order valence-electron chi connectivity index (χ0n) is 20.3. The summed E-state index contributed by atoms with van der Waals surface area (Å²) in [6.07, 6.45) is 7.38. The van der Waals surface area contributed by atoms with Crippen LogP contribution in [-0.4, -0.2) is 40.9 Å². The molecule has 186 valence electrons. The fourth-order valence-electron chi connectivity index (χ4n) is 4.76. The van der Waals surface area contributed by atoms with Gasteiger partial charge < -0.3 is 26.0 Å². The number of benzene rings is 2. The van der Waals surface area contributed by atoms with E-state index in [0.29, 0.717) is 30.6 Å². The molecule has 0 aromatic heterocycles. The average Bonchev–Trinajstić information content (AvgIpc) is 2.85. The van der Waals surface area contributed by atoms with Crippen LogP contribution in [0.3, 0.4) is 0 Å². The van der Waals surface area contributed by atoms with Gasteiger partial charge in [-0.15, -0.1) is 0 Å². The van der Waals surface area contributed by atoms with E-state index in [9.17, 15) is 20.1 Å². The van der Waals surface area contributed by atoms with Crippen molar-refractivity contribution in [3.8, 4) is 5.75 Å². The van der Waals surface area contributed by atoms with Crippen LogP contribution in [0.4, 0.5) is 0 Å². The summed E-state index contributed by atoms with van der Waals surface area (Å²) in [4.78, 5) is 12.4. The minimum Gasteiger partial charge on any atom is -0.508 e. The Morgan fingerprint density at radius 1 is 1.06 bits per heavy atom. The van der Waals surface area contributed by atoms with E-state index in [0.717, 1.165) is 30.0 Å². The fraction of sp³-hybridized carbons (Fsp3) is 0.536. The third-order valence-corrected chi connectivity index (χ3v) is 6.93. The highest BCUT2D eigenvalue weighted by atomic mass is 16.3. The molecule has 0 unspecified atom stereocenters. The van der Waals surface area contributed by atoms with Crippen molar-refractivity contribution in [3.05, 3.63) is 64.7 Å². The van der Waals surface area contributed by atoms with Gasteiger partial charge in [-0.1, -0.05) is 69.4 Å². The van der Waals surface area contributed by atoms with E-state index in [1.807, 2.05) is 12.1 Å². The minimum absolute atomic E-state index is 0.0258. The van der Waals surface area contributed by atoms with Gasteiger partial charge in [-0.3, -0.25) is 4.79 Å². The molecule has 1 aliphatic carbocycles. The summed E-state index contributed by atoms with van der Waals surface area (Å²) < 4.78 is 0. The van der Waals surface area contributed by atoms with Crippen LogP contribution in [0.1, 0.15) is 79.7 Å². The van der Waals surface area contributed by atoms with Gasteiger partial charge >= 0.3 is 0 Å². The molecule has 0 radical (unpaired) electrons. The summed E-state index contributed by atoms with van der Waals surface area (Å²) in [6.45, 7) is 3.66. The molecule has 2 aromatic carbocycles. The van der Waals surface area contributed by atoms with Crippen molar-refractivity contribution in [2.24, 2.45) is 5.92 Å². The topological polar surface area (TPSA) is 102 Å². The Morgan fingerprint density at radius 2 is 1.85 bits per heavy atom. The maximum atomic E-state index is 12.4. The zero-order valence-corrected chi connectivity index (χ0v) is 20.3. The van der Waals surface area contributed by atoms with Gasteiger partial charge in [0.1, 0.15) is 5.75 Å². The predicted octanol–water partition coefficient (Wildman–Crippen LogP) is 3.94. The van der Waals surface area contributed by atoms with Crippen LogP contribution in [0.2, 0.25) is 0 Å². The Kier molecular flexibility index (Phi) is 10.4. The zero-order chi connectivity index (χ0) is 24.3. The van der Waals surface area contributed by atoms with E-state index >= 15 is 0 Å². The molecule has 1 aliphatic rings. The Balaban J connectivity index is 1.42. The van der Waals surface area contributed by atoms with E-state index < -0.39 is 6.10 Å². The molecular weight excluding hydrogens is 428 g/mol. The summed E-state index contributed by atoms with van der Waals surface area (Å²) in [5, 5.41) is 35.8. The molecule has 1 fully saturated rings. The van der Waals surface area contributed by atoms with Crippen LogP contribution in [-0.2, 0) is 17.8 Å². The molecule has 2 atom stereocenters. The van der Waals surface area contributed by atoms with Crippen LogP contribution in [0.5, 0.6) is 5.75 Å². The Labute approximate surface area is 203 Å². The molecular formula is C28H40N2O4. The largest absolute Gasteiger partial charge is 0.508 e. The van der Waals surface area contributed by atoms with Gasteiger partial charge in [0, 0.05) is 25.2 Å². The van der Waals surface area contributed by atoms with Gasteiger partial charge in [0.2, 0.25) is 5.91 Å². The first-order chi connectivity index (χ1) is 16.5. The number of carbonyl (C=O) groups is 1. The van der Waals surface area contributed by atoms with Crippen LogP contribution < -0.4 is 10.6 Å². The molecule has 0 heterocycles. The van der Waals surface area contributed by atoms with Crippen molar-refractivity contribution in [3.63, 3.8) is 0 Å². The minimum atomic E-state index is -0.734. The molecule has 6 heteroatoms. The first kappa shape index (κ1) is 26.2. The monoisotopic (exact) mass is 468 g/mol. The summed E-state index contributed by atoms with van der Waals surface area (Å²) in [6, 6.07) is 12.9. The van der Waals surface area contributed by atoms with Crippen molar-refractivity contribution in [1.29, 1.82) is 0 Å². The summed E-state index contributed by atoms with van der Waals surface area (Å²) in [5.74, 6) is 1.10. The number of carbonyl (C=O) groups excluding carboxylic acids is 1. The van der Waals surface area contributed by atoms with Gasteiger partial charge in [0.05, 0.1) is 19.1 Å². The molecule has 0 bridgehead atoms. The normalized spacial score (nSPS) is 16.2. The lowest BCUT2D eigenvalue weighted by atomic mass is 9.87. The van der Waals surface area contributed by atoms with E-state index in [1.165, 1.54) is 38.2 Å². The van der Waals surface area contributed by atoms with E-state index in [1.54, 1.807) is 12.1 Å². The van der Waals surface area contributed by atoms with Crippen LogP contribution >= 0.6 is 0 Å². The number of rotatable bonds is 12. The predicted molar refractivity (Wildman–Crippen MR) is 135 cm³/mol. The molecule has 34 heavy (non-hydrogen) atoms. The third-order valence-electron chi connectivity index (χ3n) is 6.93. The smallest absolute Gasteiger partial charge is 0.224 e. The SMILES string of the molecule is C[C@@H](CNC[C@@H](O)c1ccc(O)c(CO)c1)c1cccc(CC(=O)NCCC2CCCCC2)c1. The molecule has 1 amide bonds. The first-order valence-corrected chi connectivity index (χ1v) is 12.6. The second-order valence-electron chi connectivity index (χ2n) is 9.69. The van der Waals surface area contributed by atoms with Crippen molar-refractivity contribution in [2.45, 2.75) is 70.5 Å². The molecule has 0 spiro atoms. The lowest BCUT2D eigenvalue weighted by molar-refractivity contribution is -0.120. The summed E-state index contributed by atoms with van der Waals surface area (Å²) in [7, 11) is 0. The number of aromatic hydroxyl groups is 1. The van der Waals surface area contributed by atoms with E-state index in [4.69, 9.17) is 0 Å². The summed E-state index contributed by atoms with van der Waals surface area (Å²) in [5.41, 5.74) is 3.22. The van der Waals surface area contributed by atoms with Gasteiger partial charge in [0.15, 0.2) is 0 Å². The van der Waals surface area contributed by atoms with Crippen molar-refractivity contribution in [1.82, 2.24) is 10.6 Å². The summed E-state index contributed by atoms with van der Waals surface area (Å²) >= 11 is 0. The number of hydrogen-bond acceptors (Lipinski definition) is 5. The maximum Gasteiger partial charge on any atom is 0.224 e. The molecule has 2 aromatic rings. The maximum absolute atomic E-state index is 12.4. The van der Waals surface area contributed by atoms with E-state index in [-0.39, 0.29) is 24.2 Å². The molecule has 0 aliphatic heterocycles. The lowest BCUT2D eigenvalue weighted by Crippen LogP contribution is -2.28. The average molecular weight is 469 g/mol. The fourth-order valence-corrected chi connectivity index (χ4v) is 4.76. The third kappa shape index (κ3) is 8.12. The van der Waals surface area contributed by atoms with Crippen LogP contribution in [0, 0.1) is 5.92 Å². The lowest BCUT2D eigenvalue weighted by Gasteiger charge is -2.21. The van der Waals surface area contributed by atoms with Gasteiger partial charge in [-0.05, 0) is 47.1 Å². The Hall–Kier alpha value is -2.41. The second kappa shape index (κ2) is 13.5. The Bertz CT molecular complexity index is 911. The number of hydrogen-bond donors (Lipinski definition) is 5. The van der Waals surface area contributed by atoms with E-state index in [2.05, 4.69) is 29.7 Å². The van der Waals surface area contributed by atoms with Crippen LogP contribution in [0.15, 0.2) is 42.5 Å². The van der Waals surface area contributed by atoms with Gasteiger partial charge in [0.25, 0.3) is 0 Å². The highest BCUT2D eigenvalue weighted by Crippen LogP contribution is 2.26. The number of amides is 1. The number of aliphatic hydroxyl groups excluding tert-OH is 2. The Morgan fingerprint density at radius 3 is 2.62 bits per heavy atom. The number of nitrogens with one attached hydrogen (secondary N) is 2. The van der Waals surface area contributed by atoms with Gasteiger partial charge in [-0.25, -0.2) is 0 Å². The first-order valence-electron chi connectivity index (χ1n) is 12.6. The van der Waals surface area contributed by atoms with Crippen molar-refractivity contribution < 1.29 is 20.1 Å². The molecule has 3 rings (SSSR count). The molecule has 6 nitrogen and oxygen atoms in total. The highest BCUT2D eigenvalue weighted by molar-refractivity contribution is 5.78. The highest BCUT2D eigenvalue weighted by Gasteiger charge is 2.14. The van der Waals surface area contributed by atoms with Gasteiger partial charge in [-0.2, -0.15) is 0 Å². The standard InChI is InChI=1S/C28H40N2O4/c1-20(17-29-18-27(33)24-10-11-26(32)25(16-24)19-31)23-9-5-8-22(14-23)15-28(34)30-13-12-21-6-3-2-4-7-21/h5,8-11,14,16,20-21,27,29,31-33H,2-4,6-7,12-13,15,17-19H2,1H3,(H,30,34)/t20-,27+/m0/s1. The molecule has 0 saturated heterocycles. The molecule has 5 N–H and O–H groups in total. The number of aliphatic hydroxyl groups is 2. The quantitative estimate of drug-likeness (QED) is 0.325. The molecule has 1 saturated carbocycles. The van der Waals surface area contributed by atoms with Crippen molar-refractivity contribution in [2.75, 3.05) is 19.6 Å². The number of phenols is 1.